The predicted octanol–water partition coefficient (Wildman–Crippen LogP) is 6.38. The zero-order chi connectivity index (χ0) is 25.2. The van der Waals surface area contributed by atoms with E-state index in [-0.39, 0.29) is 16.8 Å². The zero-order valence-corrected chi connectivity index (χ0v) is 18.8. The molecule has 0 aromatic heterocycles. The van der Waals surface area contributed by atoms with E-state index in [1.165, 1.54) is 41.3 Å². The van der Waals surface area contributed by atoms with Crippen LogP contribution in [0.1, 0.15) is 17.2 Å². The number of carbonyl (C=O) groups is 2. The van der Waals surface area contributed by atoms with Crippen molar-refractivity contribution < 1.29 is 28.2 Å². The number of nitrogens with zero attached hydrogens (tertiary/aromatic N) is 1. The Kier molecular flexibility index (Phi) is 6.04. The van der Waals surface area contributed by atoms with Crippen LogP contribution in [-0.4, -0.2) is 16.8 Å². The summed E-state index contributed by atoms with van der Waals surface area (Å²) in [6.45, 7) is 0. The number of Topliss-reactive ketones (excluding diaryl/α,β-unsaturated/α-hetero) is 1. The Balaban J connectivity index is 1.66. The van der Waals surface area contributed by atoms with E-state index in [1.54, 1.807) is 36.4 Å². The lowest BCUT2D eigenvalue weighted by Crippen LogP contribution is -2.29. The maximum Gasteiger partial charge on any atom is 0.300 e. The number of hydrogen-bond acceptors (Lipinski definition) is 4. The Labute approximate surface area is 205 Å². The number of ketones is 1. The van der Waals surface area contributed by atoms with Gasteiger partial charge in [0.15, 0.2) is 0 Å². The summed E-state index contributed by atoms with van der Waals surface area (Å²) < 4.78 is 33.0. The summed E-state index contributed by atoms with van der Waals surface area (Å²) in [5.74, 6) is -2.22. The lowest BCUT2D eigenvalue weighted by atomic mass is 9.95. The molecule has 1 unspecified atom stereocenters. The second kappa shape index (κ2) is 9.46. The van der Waals surface area contributed by atoms with E-state index in [0.717, 1.165) is 12.1 Å². The standard InChI is InChI=1S/C29H19F2NO4/c30-20-11-9-18(10-12-20)27(33)25-26(32(29(35)28(25)34)22-15-13-21(31)14-16-22)19-5-4-8-24(17-19)36-23-6-2-1-3-7-23/h1-17,26,33H/b27-25-. The van der Waals surface area contributed by atoms with Gasteiger partial charge in [-0.25, -0.2) is 8.78 Å². The highest BCUT2D eigenvalue weighted by Gasteiger charge is 2.47. The molecule has 1 fully saturated rings. The third-order valence-electron chi connectivity index (χ3n) is 5.82. The molecule has 1 N–H and O–H groups in total. The van der Waals surface area contributed by atoms with E-state index < -0.39 is 35.1 Å². The first-order valence-corrected chi connectivity index (χ1v) is 11.1. The number of anilines is 1. The Morgan fingerprint density at radius 1 is 0.750 bits per heavy atom. The molecule has 1 atom stereocenters. The molecule has 0 bridgehead atoms. The summed E-state index contributed by atoms with van der Waals surface area (Å²) in [6, 6.07) is 24.9. The first kappa shape index (κ1) is 23.0. The van der Waals surface area contributed by atoms with E-state index in [4.69, 9.17) is 4.74 Å². The zero-order valence-electron chi connectivity index (χ0n) is 18.8. The summed E-state index contributed by atoms with van der Waals surface area (Å²) >= 11 is 0. The molecule has 178 valence electrons. The summed E-state index contributed by atoms with van der Waals surface area (Å²) in [5.41, 5.74) is 0.759. The third-order valence-corrected chi connectivity index (χ3v) is 5.82. The highest BCUT2D eigenvalue weighted by atomic mass is 19.1. The minimum absolute atomic E-state index is 0.173. The predicted molar refractivity (Wildman–Crippen MR) is 131 cm³/mol. The molecule has 4 aromatic carbocycles. The van der Waals surface area contributed by atoms with Crippen LogP contribution in [-0.2, 0) is 9.59 Å². The molecule has 7 heteroatoms. The van der Waals surface area contributed by atoms with Gasteiger partial charge >= 0.3 is 0 Å². The maximum absolute atomic E-state index is 13.6. The minimum atomic E-state index is -1.04. The Bertz CT molecular complexity index is 1470. The quantitative estimate of drug-likeness (QED) is 0.203. The molecule has 5 rings (SSSR count). The molecular formula is C29H19F2NO4. The van der Waals surface area contributed by atoms with Crippen molar-refractivity contribution in [3.05, 3.63) is 131 Å². The molecule has 1 saturated heterocycles. The van der Waals surface area contributed by atoms with E-state index in [1.807, 2.05) is 18.2 Å². The van der Waals surface area contributed by atoms with Gasteiger partial charge in [-0.3, -0.25) is 14.5 Å². The maximum atomic E-state index is 13.6. The van der Waals surface area contributed by atoms with Crippen molar-refractivity contribution >= 4 is 23.1 Å². The van der Waals surface area contributed by atoms with Gasteiger partial charge in [0, 0.05) is 11.3 Å². The topological polar surface area (TPSA) is 66.8 Å². The summed E-state index contributed by atoms with van der Waals surface area (Å²) in [4.78, 5) is 27.6. The Hall–Kier alpha value is -4.78. The number of aliphatic hydroxyl groups is 1. The summed E-state index contributed by atoms with van der Waals surface area (Å²) in [6.07, 6.45) is 0. The van der Waals surface area contributed by atoms with Crippen molar-refractivity contribution in [3.8, 4) is 11.5 Å². The van der Waals surface area contributed by atoms with Crippen LogP contribution in [0.2, 0.25) is 0 Å². The van der Waals surface area contributed by atoms with Gasteiger partial charge in [0.25, 0.3) is 11.7 Å². The second-order valence-corrected chi connectivity index (χ2v) is 8.14. The number of rotatable bonds is 5. The van der Waals surface area contributed by atoms with E-state index >= 15 is 0 Å². The monoisotopic (exact) mass is 483 g/mol. The average molecular weight is 483 g/mol. The molecule has 0 spiro atoms. The number of aliphatic hydroxyl groups excluding tert-OH is 1. The number of amides is 1. The van der Waals surface area contributed by atoms with Gasteiger partial charge in [0.05, 0.1) is 11.6 Å². The number of ether oxygens (including phenoxy) is 1. The molecule has 1 aliphatic rings. The first-order chi connectivity index (χ1) is 17.4. The van der Waals surface area contributed by atoms with Crippen LogP contribution in [0.4, 0.5) is 14.5 Å². The van der Waals surface area contributed by atoms with E-state index in [0.29, 0.717) is 17.1 Å². The molecule has 36 heavy (non-hydrogen) atoms. The van der Waals surface area contributed by atoms with Crippen molar-refractivity contribution in [1.82, 2.24) is 0 Å². The van der Waals surface area contributed by atoms with Crippen LogP contribution in [0.3, 0.4) is 0 Å². The lowest BCUT2D eigenvalue weighted by molar-refractivity contribution is -0.132. The molecule has 0 radical (unpaired) electrons. The second-order valence-electron chi connectivity index (χ2n) is 8.14. The number of para-hydroxylation sites is 1. The normalized spacial score (nSPS) is 16.8. The Morgan fingerprint density at radius 3 is 2.03 bits per heavy atom. The van der Waals surface area contributed by atoms with E-state index in [2.05, 4.69) is 0 Å². The van der Waals surface area contributed by atoms with Crippen molar-refractivity contribution in [1.29, 1.82) is 0 Å². The molecular weight excluding hydrogens is 464 g/mol. The van der Waals surface area contributed by atoms with Crippen molar-refractivity contribution in [2.75, 3.05) is 4.90 Å². The largest absolute Gasteiger partial charge is 0.507 e. The number of halogens is 2. The van der Waals surface area contributed by atoms with Crippen molar-refractivity contribution in [3.63, 3.8) is 0 Å². The molecule has 5 nitrogen and oxygen atoms in total. The molecule has 1 heterocycles. The first-order valence-electron chi connectivity index (χ1n) is 11.1. The Morgan fingerprint density at radius 2 is 1.36 bits per heavy atom. The van der Waals surface area contributed by atoms with Crippen LogP contribution in [0, 0.1) is 11.6 Å². The van der Waals surface area contributed by atoms with Crippen molar-refractivity contribution in [2.45, 2.75) is 6.04 Å². The lowest BCUT2D eigenvalue weighted by Gasteiger charge is -2.25. The summed E-state index contributed by atoms with van der Waals surface area (Å²) in [7, 11) is 0. The summed E-state index contributed by atoms with van der Waals surface area (Å²) in [5, 5.41) is 11.1. The SMILES string of the molecule is O=C1C(=O)N(c2ccc(F)cc2)C(c2cccc(Oc3ccccc3)c2)/C1=C(/O)c1ccc(F)cc1. The molecule has 1 aliphatic heterocycles. The van der Waals surface area contributed by atoms with Crippen LogP contribution >= 0.6 is 0 Å². The average Bonchev–Trinajstić information content (AvgIpc) is 3.16. The smallest absolute Gasteiger partial charge is 0.300 e. The van der Waals surface area contributed by atoms with Gasteiger partial charge < -0.3 is 9.84 Å². The number of benzene rings is 4. The molecule has 1 amide bonds. The number of carbonyl (C=O) groups excluding carboxylic acids is 2. The molecule has 4 aromatic rings. The molecule has 0 saturated carbocycles. The van der Waals surface area contributed by atoms with Crippen LogP contribution < -0.4 is 9.64 Å². The van der Waals surface area contributed by atoms with Gasteiger partial charge in [-0.2, -0.15) is 0 Å². The van der Waals surface area contributed by atoms with Gasteiger partial charge in [-0.05, 0) is 78.4 Å². The number of hydrogen-bond donors (Lipinski definition) is 1. The fourth-order valence-corrected chi connectivity index (χ4v) is 4.15. The van der Waals surface area contributed by atoms with Crippen LogP contribution in [0.5, 0.6) is 11.5 Å². The fraction of sp³-hybridized carbons (Fsp3) is 0.0345. The third kappa shape index (κ3) is 4.34. The minimum Gasteiger partial charge on any atom is -0.507 e. The highest BCUT2D eigenvalue weighted by molar-refractivity contribution is 6.51. The van der Waals surface area contributed by atoms with Crippen molar-refractivity contribution in [2.24, 2.45) is 0 Å². The molecule has 0 aliphatic carbocycles. The van der Waals surface area contributed by atoms with Gasteiger partial charge in [-0.1, -0.05) is 30.3 Å². The van der Waals surface area contributed by atoms with Gasteiger partial charge in [0.2, 0.25) is 0 Å². The highest BCUT2D eigenvalue weighted by Crippen LogP contribution is 2.43. The van der Waals surface area contributed by atoms with E-state index in [9.17, 15) is 23.5 Å². The van der Waals surface area contributed by atoms with Crippen LogP contribution in [0.25, 0.3) is 5.76 Å². The fourth-order valence-electron chi connectivity index (χ4n) is 4.15. The van der Waals surface area contributed by atoms with Gasteiger partial charge in [0.1, 0.15) is 28.9 Å². The van der Waals surface area contributed by atoms with Crippen LogP contribution in [0.15, 0.2) is 109 Å². The van der Waals surface area contributed by atoms with Gasteiger partial charge in [-0.15, -0.1) is 0 Å².